The molecule has 2 aromatic carbocycles. The first-order chi connectivity index (χ1) is 13.1. The lowest BCUT2D eigenvalue weighted by atomic mass is 10.0. The van der Waals surface area contributed by atoms with Gasteiger partial charge in [-0.2, -0.15) is 11.8 Å². The molecule has 1 amide bonds. The van der Waals surface area contributed by atoms with Crippen LogP contribution in [-0.4, -0.2) is 41.9 Å². The summed E-state index contributed by atoms with van der Waals surface area (Å²) in [6.07, 6.45) is 0.0789. The molecule has 0 spiro atoms. The smallest absolute Gasteiger partial charge is 0.267 e. The zero-order valence-electron chi connectivity index (χ0n) is 15.8. The Bertz CT molecular complexity index is 825. The van der Waals surface area contributed by atoms with Crippen molar-refractivity contribution < 1.29 is 14.3 Å². The second-order valence-electron chi connectivity index (χ2n) is 7.14. The number of para-hydroxylation sites is 2. The summed E-state index contributed by atoms with van der Waals surface area (Å²) >= 11 is 1.94. The van der Waals surface area contributed by atoms with Crippen molar-refractivity contribution >= 4 is 17.7 Å². The Balaban J connectivity index is 1.45. The van der Waals surface area contributed by atoms with E-state index in [1.54, 1.807) is 0 Å². The molecule has 5 heteroatoms. The van der Waals surface area contributed by atoms with Gasteiger partial charge in [0.1, 0.15) is 6.10 Å². The van der Waals surface area contributed by atoms with Gasteiger partial charge in [0.2, 0.25) is 6.10 Å². The van der Waals surface area contributed by atoms with Crippen molar-refractivity contribution in [3.05, 3.63) is 59.7 Å². The molecule has 0 aliphatic carbocycles. The molecule has 1 fully saturated rings. The Kier molecular flexibility index (Phi) is 5.30. The van der Waals surface area contributed by atoms with E-state index in [-0.39, 0.29) is 12.0 Å². The number of ether oxygens (including phenoxy) is 2. The van der Waals surface area contributed by atoms with Crippen molar-refractivity contribution in [1.29, 1.82) is 0 Å². The normalized spacial score (nSPS) is 25.0. The van der Waals surface area contributed by atoms with Crippen LogP contribution in [0.15, 0.2) is 48.5 Å². The number of nitrogens with zero attached hydrogens (tertiary/aromatic N) is 1. The molecule has 3 atom stereocenters. The van der Waals surface area contributed by atoms with Crippen LogP contribution in [0, 0.1) is 6.92 Å². The van der Waals surface area contributed by atoms with Crippen LogP contribution < -0.4 is 9.47 Å². The van der Waals surface area contributed by atoms with Gasteiger partial charge in [-0.25, -0.2) is 0 Å². The van der Waals surface area contributed by atoms with E-state index in [2.05, 4.69) is 31.2 Å². The molecule has 27 heavy (non-hydrogen) atoms. The van der Waals surface area contributed by atoms with Gasteiger partial charge in [0.05, 0.1) is 0 Å². The van der Waals surface area contributed by atoms with Gasteiger partial charge in [-0.15, -0.1) is 0 Å². The van der Waals surface area contributed by atoms with Crippen LogP contribution >= 0.6 is 11.8 Å². The fraction of sp³-hybridized carbons (Fsp3) is 0.409. The van der Waals surface area contributed by atoms with Gasteiger partial charge in [-0.3, -0.25) is 4.79 Å². The first-order valence-corrected chi connectivity index (χ1v) is 10.6. The number of rotatable bonds is 2. The Labute approximate surface area is 164 Å². The second kappa shape index (κ2) is 7.85. The minimum Gasteiger partial charge on any atom is -0.482 e. The maximum atomic E-state index is 13.1. The maximum absolute atomic E-state index is 13.1. The zero-order chi connectivity index (χ0) is 18.8. The highest BCUT2D eigenvalue weighted by Crippen LogP contribution is 2.37. The van der Waals surface area contributed by atoms with Crippen molar-refractivity contribution in [3.8, 4) is 11.5 Å². The number of fused-ring (bicyclic) bond motifs is 1. The topological polar surface area (TPSA) is 38.8 Å². The fourth-order valence-electron chi connectivity index (χ4n) is 3.76. The van der Waals surface area contributed by atoms with Gasteiger partial charge in [-0.05, 0) is 43.5 Å². The summed E-state index contributed by atoms with van der Waals surface area (Å²) < 4.78 is 11.9. The van der Waals surface area contributed by atoms with Gasteiger partial charge in [0, 0.05) is 24.1 Å². The highest BCUT2D eigenvalue weighted by Gasteiger charge is 2.37. The van der Waals surface area contributed by atoms with Crippen molar-refractivity contribution in [2.24, 2.45) is 0 Å². The highest BCUT2D eigenvalue weighted by atomic mass is 32.2. The summed E-state index contributed by atoms with van der Waals surface area (Å²) in [7, 11) is 0. The molecule has 1 saturated heterocycles. The molecular weight excluding hydrogens is 358 g/mol. The number of carbonyl (C=O) groups excluding carboxylic acids is 1. The zero-order valence-corrected chi connectivity index (χ0v) is 16.6. The average molecular weight is 384 g/mol. The minimum atomic E-state index is -0.583. The fourth-order valence-corrected chi connectivity index (χ4v) is 5.08. The number of carbonyl (C=O) groups is 1. The Hall–Kier alpha value is -2.14. The van der Waals surface area contributed by atoms with E-state index >= 15 is 0 Å². The summed E-state index contributed by atoms with van der Waals surface area (Å²) in [6.45, 7) is 5.57. The highest BCUT2D eigenvalue weighted by molar-refractivity contribution is 7.99. The standard InChI is InChI=1S/C22H25NO3S/c1-15-7-3-4-8-17(15)20-11-12-23(13-14-27-20)22(24)21-16(2)25-18-9-5-6-10-19(18)26-21/h3-10,16,20-21H,11-14H2,1-2H3. The SMILES string of the molecule is Cc1ccccc1C1CCN(C(=O)C2Oc3ccccc3OC2C)CCS1. The molecule has 4 nitrogen and oxygen atoms in total. The van der Waals surface area contributed by atoms with Crippen LogP contribution in [0.5, 0.6) is 11.5 Å². The van der Waals surface area contributed by atoms with Crippen LogP contribution in [0.2, 0.25) is 0 Å². The molecule has 4 rings (SSSR count). The number of hydrogen-bond acceptors (Lipinski definition) is 4. The largest absolute Gasteiger partial charge is 0.482 e. The van der Waals surface area contributed by atoms with Crippen molar-refractivity contribution in [3.63, 3.8) is 0 Å². The molecule has 142 valence electrons. The molecule has 0 bridgehead atoms. The van der Waals surface area contributed by atoms with E-state index in [1.807, 2.05) is 47.9 Å². The quantitative estimate of drug-likeness (QED) is 0.778. The predicted molar refractivity (Wildman–Crippen MR) is 109 cm³/mol. The van der Waals surface area contributed by atoms with Crippen LogP contribution in [0.1, 0.15) is 29.7 Å². The third-order valence-electron chi connectivity index (χ3n) is 5.27. The van der Waals surface area contributed by atoms with E-state index in [0.29, 0.717) is 16.7 Å². The summed E-state index contributed by atoms with van der Waals surface area (Å²) in [4.78, 5) is 15.1. The minimum absolute atomic E-state index is 0.0306. The number of thioether (sulfide) groups is 1. The molecule has 0 saturated carbocycles. The van der Waals surface area contributed by atoms with Crippen LogP contribution in [0.3, 0.4) is 0 Å². The average Bonchev–Trinajstić information content (AvgIpc) is 2.93. The van der Waals surface area contributed by atoms with E-state index in [1.165, 1.54) is 11.1 Å². The number of aryl methyl sites for hydroxylation is 1. The van der Waals surface area contributed by atoms with Gasteiger partial charge in [0.25, 0.3) is 5.91 Å². The Morgan fingerprint density at radius 1 is 1.04 bits per heavy atom. The van der Waals surface area contributed by atoms with Crippen LogP contribution in [0.4, 0.5) is 0 Å². The predicted octanol–water partition coefficient (Wildman–Crippen LogP) is 4.23. The van der Waals surface area contributed by atoms with Gasteiger partial charge in [-0.1, -0.05) is 36.4 Å². The summed E-state index contributed by atoms with van der Waals surface area (Å²) in [6, 6.07) is 16.1. The van der Waals surface area contributed by atoms with Crippen LogP contribution in [-0.2, 0) is 4.79 Å². The van der Waals surface area contributed by atoms with E-state index in [9.17, 15) is 4.79 Å². The maximum Gasteiger partial charge on any atom is 0.267 e. The summed E-state index contributed by atoms with van der Waals surface area (Å²) in [5.41, 5.74) is 2.71. The number of amides is 1. The summed E-state index contributed by atoms with van der Waals surface area (Å²) in [5.74, 6) is 2.32. The number of hydrogen-bond donors (Lipinski definition) is 0. The molecule has 0 radical (unpaired) electrons. The van der Waals surface area contributed by atoms with Crippen molar-refractivity contribution in [2.45, 2.75) is 37.7 Å². The Morgan fingerprint density at radius 3 is 2.52 bits per heavy atom. The van der Waals surface area contributed by atoms with E-state index < -0.39 is 6.10 Å². The van der Waals surface area contributed by atoms with Gasteiger partial charge >= 0.3 is 0 Å². The lowest BCUT2D eigenvalue weighted by Gasteiger charge is -2.34. The molecule has 3 unspecified atom stereocenters. The first kappa shape index (κ1) is 18.2. The van der Waals surface area contributed by atoms with Crippen molar-refractivity contribution in [2.75, 3.05) is 18.8 Å². The third kappa shape index (κ3) is 3.79. The molecule has 2 aromatic rings. The lowest BCUT2D eigenvalue weighted by molar-refractivity contribution is -0.144. The molecule has 0 N–H and O–H groups in total. The Morgan fingerprint density at radius 2 is 1.74 bits per heavy atom. The molecule has 2 aliphatic heterocycles. The lowest BCUT2D eigenvalue weighted by Crippen LogP contribution is -2.51. The van der Waals surface area contributed by atoms with Crippen LogP contribution in [0.25, 0.3) is 0 Å². The monoisotopic (exact) mass is 383 g/mol. The second-order valence-corrected chi connectivity index (χ2v) is 8.45. The van der Waals surface area contributed by atoms with E-state index in [4.69, 9.17) is 9.47 Å². The van der Waals surface area contributed by atoms with E-state index in [0.717, 1.165) is 25.3 Å². The van der Waals surface area contributed by atoms with Crippen molar-refractivity contribution in [1.82, 2.24) is 4.90 Å². The van der Waals surface area contributed by atoms with Gasteiger partial charge < -0.3 is 14.4 Å². The molecule has 2 aliphatic rings. The molecule has 0 aromatic heterocycles. The summed E-state index contributed by atoms with van der Waals surface area (Å²) in [5, 5.41) is 0.436. The van der Waals surface area contributed by atoms with Gasteiger partial charge in [0.15, 0.2) is 11.5 Å². The molecular formula is C22H25NO3S. The molecule has 2 heterocycles. The third-order valence-corrected chi connectivity index (χ3v) is 6.58. The number of benzene rings is 2. The first-order valence-electron chi connectivity index (χ1n) is 9.52.